The largest absolute Gasteiger partial charge is 0.480 e. The van der Waals surface area contributed by atoms with E-state index in [0.717, 1.165) is 61.7 Å². The normalized spacial score (nSPS) is 19.1. The number of piperidine rings is 1. The second-order valence-electron chi connectivity index (χ2n) is 10.4. The molecule has 0 spiro atoms. The monoisotopic (exact) mass is 540 g/mol. The van der Waals surface area contributed by atoms with Crippen molar-refractivity contribution in [2.75, 3.05) is 44.7 Å². The van der Waals surface area contributed by atoms with Gasteiger partial charge in [0.1, 0.15) is 6.04 Å². The average Bonchev–Trinajstić information content (AvgIpc) is 3.39. The van der Waals surface area contributed by atoms with E-state index < -0.39 is 12.0 Å². The minimum atomic E-state index is -1.01. The lowest BCUT2D eigenvalue weighted by molar-refractivity contribution is -0.142. The van der Waals surface area contributed by atoms with Crippen molar-refractivity contribution >= 4 is 40.3 Å². The van der Waals surface area contributed by atoms with Gasteiger partial charge in [-0.1, -0.05) is 42.5 Å². The third-order valence-electron chi connectivity index (χ3n) is 7.70. The van der Waals surface area contributed by atoms with Crippen LogP contribution in [0.2, 0.25) is 0 Å². The Hall–Kier alpha value is -2.62. The van der Waals surface area contributed by atoms with Crippen molar-refractivity contribution in [2.24, 2.45) is 5.92 Å². The molecule has 0 aromatic heterocycles. The summed E-state index contributed by atoms with van der Waals surface area (Å²) in [6, 6.07) is 13.5. The number of rotatable bonds is 12. The fourth-order valence-electron chi connectivity index (χ4n) is 5.71. The van der Waals surface area contributed by atoms with Crippen LogP contribution in [0.25, 0.3) is 10.8 Å². The average molecular weight is 541 g/mol. The van der Waals surface area contributed by atoms with E-state index in [-0.39, 0.29) is 30.3 Å². The van der Waals surface area contributed by atoms with Crippen LogP contribution < -0.4 is 10.6 Å². The minimum Gasteiger partial charge on any atom is -0.480 e. The molecule has 2 amide bonds. The highest BCUT2D eigenvalue weighted by Gasteiger charge is 2.35. The number of nitrogens with one attached hydrogen (secondary N) is 2. The number of hydrogen-bond acceptors (Lipinski definition) is 6. The van der Waals surface area contributed by atoms with E-state index in [2.05, 4.69) is 39.8 Å². The van der Waals surface area contributed by atoms with Gasteiger partial charge >= 0.3 is 5.97 Å². The molecule has 206 valence electrons. The van der Waals surface area contributed by atoms with Crippen molar-refractivity contribution < 1.29 is 19.5 Å². The topological polar surface area (TPSA) is 102 Å². The van der Waals surface area contributed by atoms with E-state index in [0.29, 0.717) is 25.3 Å². The highest BCUT2D eigenvalue weighted by Crippen LogP contribution is 2.26. The lowest BCUT2D eigenvalue weighted by Gasteiger charge is -2.34. The number of carboxylic acid groups (broad SMARTS) is 1. The smallest absolute Gasteiger partial charge is 0.326 e. The van der Waals surface area contributed by atoms with Crippen molar-refractivity contribution in [3.8, 4) is 0 Å². The molecule has 1 unspecified atom stereocenters. The molecule has 2 atom stereocenters. The molecule has 9 heteroatoms. The van der Waals surface area contributed by atoms with E-state index >= 15 is 0 Å². The van der Waals surface area contributed by atoms with E-state index in [1.54, 1.807) is 11.8 Å². The second-order valence-corrected chi connectivity index (χ2v) is 11.4. The molecule has 2 aromatic carbocycles. The number of thioether (sulfide) groups is 1. The Kier molecular flexibility index (Phi) is 10.4. The van der Waals surface area contributed by atoms with E-state index in [9.17, 15) is 19.5 Å². The molecule has 2 heterocycles. The Morgan fingerprint density at radius 2 is 1.89 bits per heavy atom. The van der Waals surface area contributed by atoms with Gasteiger partial charge in [-0.3, -0.25) is 14.5 Å². The SMILES string of the molecule is CSCCC(NC(=O)CN(Cc1cccc2ccccc12)C[C@@H]1CCCN1C(=O)C1CCNCC1)C(=O)O. The lowest BCUT2D eigenvalue weighted by atomic mass is 9.96. The summed E-state index contributed by atoms with van der Waals surface area (Å²) in [6.07, 6.45) is 5.92. The third-order valence-corrected chi connectivity index (χ3v) is 8.35. The van der Waals surface area contributed by atoms with Crippen LogP contribution in [0, 0.1) is 5.92 Å². The van der Waals surface area contributed by atoms with E-state index in [1.807, 2.05) is 29.4 Å². The number of likely N-dealkylation sites (tertiary alicyclic amines) is 1. The molecule has 0 aliphatic carbocycles. The fourth-order valence-corrected chi connectivity index (χ4v) is 6.18. The number of benzene rings is 2. The number of fused-ring (bicyclic) bond motifs is 1. The number of carbonyl (C=O) groups excluding carboxylic acids is 2. The molecule has 0 radical (unpaired) electrons. The minimum absolute atomic E-state index is 0.0481. The Morgan fingerprint density at radius 3 is 2.66 bits per heavy atom. The predicted octanol–water partition coefficient (Wildman–Crippen LogP) is 2.95. The zero-order valence-electron chi connectivity index (χ0n) is 22.2. The summed E-state index contributed by atoms with van der Waals surface area (Å²) in [4.78, 5) is 42.4. The van der Waals surface area contributed by atoms with Crippen LogP contribution in [0.1, 0.15) is 37.7 Å². The highest BCUT2D eigenvalue weighted by molar-refractivity contribution is 7.98. The first-order valence-corrected chi connectivity index (χ1v) is 15.1. The molecular formula is C29H40N4O4S. The molecular weight excluding hydrogens is 500 g/mol. The first-order valence-electron chi connectivity index (χ1n) is 13.7. The van der Waals surface area contributed by atoms with Crippen LogP contribution in [0.15, 0.2) is 42.5 Å². The first kappa shape index (κ1) is 28.4. The summed E-state index contributed by atoms with van der Waals surface area (Å²) in [5, 5.41) is 17.9. The molecule has 0 saturated carbocycles. The number of carboxylic acids is 1. The number of nitrogens with zero attached hydrogens (tertiary/aromatic N) is 2. The molecule has 2 aromatic rings. The summed E-state index contributed by atoms with van der Waals surface area (Å²) >= 11 is 1.56. The summed E-state index contributed by atoms with van der Waals surface area (Å²) in [6.45, 7) is 3.72. The van der Waals surface area contributed by atoms with Crippen LogP contribution in [-0.2, 0) is 20.9 Å². The molecule has 4 rings (SSSR count). The molecule has 2 fully saturated rings. The predicted molar refractivity (Wildman–Crippen MR) is 152 cm³/mol. The lowest BCUT2D eigenvalue weighted by Crippen LogP contribution is -2.50. The maximum absolute atomic E-state index is 13.4. The van der Waals surface area contributed by atoms with Crippen molar-refractivity contribution in [3.05, 3.63) is 48.0 Å². The summed E-state index contributed by atoms with van der Waals surface area (Å²) in [5.74, 6) is -0.339. The van der Waals surface area contributed by atoms with Gasteiger partial charge in [-0.2, -0.15) is 11.8 Å². The van der Waals surface area contributed by atoms with Gasteiger partial charge in [0, 0.05) is 31.6 Å². The quantitative estimate of drug-likeness (QED) is 0.381. The van der Waals surface area contributed by atoms with Crippen LogP contribution in [0.5, 0.6) is 0 Å². The fraction of sp³-hybridized carbons (Fsp3) is 0.552. The number of hydrogen-bond donors (Lipinski definition) is 3. The maximum atomic E-state index is 13.4. The van der Waals surface area contributed by atoms with Gasteiger partial charge in [-0.05, 0) is 73.5 Å². The van der Waals surface area contributed by atoms with Gasteiger partial charge in [-0.15, -0.1) is 0 Å². The second kappa shape index (κ2) is 14.0. The zero-order valence-corrected chi connectivity index (χ0v) is 23.0. The molecule has 2 saturated heterocycles. The molecule has 3 N–H and O–H groups in total. The standard InChI is InChI=1S/C29H40N4O4S/c1-38-17-13-26(29(36)37)31-27(34)20-32(18-23-8-4-7-21-6-2-3-10-25(21)23)19-24-9-5-16-33(24)28(35)22-11-14-30-15-12-22/h2-4,6-8,10,22,24,26,30H,5,9,11-20H2,1H3,(H,31,34)(H,36,37)/t24-,26?/m0/s1. The van der Waals surface area contributed by atoms with Crippen molar-refractivity contribution in [2.45, 2.75) is 50.7 Å². The van der Waals surface area contributed by atoms with E-state index in [4.69, 9.17) is 0 Å². The number of amides is 2. The summed E-state index contributed by atoms with van der Waals surface area (Å²) in [5.41, 5.74) is 1.11. The van der Waals surface area contributed by atoms with Crippen molar-refractivity contribution in [3.63, 3.8) is 0 Å². The number of carbonyl (C=O) groups is 3. The molecule has 38 heavy (non-hydrogen) atoms. The van der Waals surface area contributed by atoms with Gasteiger partial charge in [0.2, 0.25) is 11.8 Å². The summed E-state index contributed by atoms with van der Waals surface area (Å²) in [7, 11) is 0. The van der Waals surface area contributed by atoms with Gasteiger partial charge < -0.3 is 20.6 Å². The Morgan fingerprint density at radius 1 is 1.13 bits per heavy atom. The molecule has 2 aliphatic heterocycles. The first-order chi connectivity index (χ1) is 18.5. The van der Waals surface area contributed by atoms with Gasteiger partial charge in [0.25, 0.3) is 0 Å². The Bertz CT molecular complexity index is 1100. The highest BCUT2D eigenvalue weighted by atomic mass is 32.2. The molecule has 0 bridgehead atoms. The van der Waals surface area contributed by atoms with Gasteiger partial charge in [0.15, 0.2) is 0 Å². The van der Waals surface area contributed by atoms with Gasteiger partial charge in [0.05, 0.1) is 6.54 Å². The van der Waals surface area contributed by atoms with Crippen molar-refractivity contribution in [1.29, 1.82) is 0 Å². The van der Waals surface area contributed by atoms with Gasteiger partial charge in [-0.25, -0.2) is 4.79 Å². The number of aliphatic carboxylic acids is 1. The zero-order chi connectivity index (χ0) is 26.9. The van der Waals surface area contributed by atoms with Crippen LogP contribution >= 0.6 is 11.8 Å². The third kappa shape index (κ3) is 7.48. The molecule has 8 nitrogen and oxygen atoms in total. The van der Waals surface area contributed by atoms with Crippen LogP contribution in [-0.4, -0.2) is 89.5 Å². The maximum Gasteiger partial charge on any atom is 0.326 e. The van der Waals surface area contributed by atoms with Crippen LogP contribution in [0.4, 0.5) is 0 Å². The van der Waals surface area contributed by atoms with E-state index in [1.165, 1.54) is 0 Å². The van der Waals surface area contributed by atoms with Crippen molar-refractivity contribution in [1.82, 2.24) is 20.4 Å². The Balaban J connectivity index is 1.51. The summed E-state index contributed by atoms with van der Waals surface area (Å²) < 4.78 is 0. The van der Waals surface area contributed by atoms with Crippen LogP contribution in [0.3, 0.4) is 0 Å². The Labute approximate surface area is 229 Å². The molecule has 2 aliphatic rings.